The van der Waals surface area contributed by atoms with Crippen molar-refractivity contribution in [3.05, 3.63) is 104 Å². The number of anilines is 1. The molecule has 6 heterocycles. The minimum atomic E-state index is -0.108. The summed E-state index contributed by atoms with van der Waals surface area (Å²) in [5.41, 5.74) is 8.20. The number of hydrogen-bond acceptors (Lipinski definition) is 6. The molecule has 7 aromatic rings. The Labute approximate surface area is 222 Å². The molecule has 0 aliphatic carbocycles. The molecule has 0 unspecified atom stereocenters. The molecule has 9 nitrogen and oxygen atoms in total. The Morgan fingerprint density at radius 2 is 1.85 bits per heavy atom. The fourth-order valence-corrected chi connectivity index (χ4v) is 4.74. The number of furan rings is 1. The Morgan fingerprint density at radius 3 is 2.72 bits per heavy atom. The summed E-state index contributed by atoms with van der Waals surface area (Å²) in [4.78, 5) is 29.4. The molecule has 0 fully saturated rings. The van der Waals surface area contributed by atoms with Gasteiger partial charge in [-0.15, -0.1) is 0 Å². The number of aromatic amines is 2. The van der Waals surface area contributed by atoms with E-state index in [1.807, 2.05) is 60.7 Å². The van der Waals surface area contributed by atoms with Gasteiger partial charge in [0.1, 0.15) is 11.3 Å². The number of carbonyl (C=O) groups excluding carboxylic acids is 1. The van der Waals surface area contributed by atoms with E-state index in [0.29, 0.717) is 11.4 Å². The quantitative estimate of drug-likeness (QED) is 0.251. The van der Waals surface area contributed by atoms with Crippen LogP contribution < -0.4 is 5.32 Å². The van der Waals surface area contributed by atoms with Crippen LogP contribution in [0, 0.1) is 0 Å². The van der Waals surface area contributed by atoms with Crippen LogP contribution in [0.15, 0.2) is 102 Å². The molecule has 1 amide bonds. The standard InChI is InChI=1S/C30H21N7O2/c38-28(10-18-4-2-1-3-5-18)34-21-11-20(14-31-15-21)25-13-24-27(16-33-25)36-37-29(24)26-12-23-22(19-7-9-39-17-19)6-8-32-30(23)35-26/h1-9,11-17H,10H2,(H,32,35)(H,34,38)(H,36,37). The number of nitrogens with one attached hydrogen (secondary N) is 3. The molecule has 7 rings (SSSR count). The van der Waals surface area contributed by atoms with Crippen LogP contribution in [0.25, 0.3) is 55.7 Å². The van der Waals surface area contributed by atoms with E-state index in [-0.39, 0.29) is 12.3 Å². The fourth-order valence-electron chi connectivity index (χ4n) is 4.74. The van der Waals surface area contributed by atoms with E-state index in [0.717, 1.165) is 55.6 Å². The van der Waals surface area contributed by atoms with E-state index in [4.69, 9.17) is 4.42 Å². The largest absolute Gasteiger partial charge is 0.472 e. The van der Waals surface area contributed by atoms with Crippen LogP contribution in [0.2, 0.25) is 0 Å². The molecule has 6 aromatic heterocycles. The van der Waals surface area contributed by atoms with E-state index in [9.17, 15) is 4.79 Å². The number of aromatic nitrogens is 6. The van der Waals surface area contributed by atoms with Gasteiger partial charge in [0.25, 0.3) is 0 Å². The minimum Gasteiger partial charge on any atom is -0.472 e. The van der Waals surface area contributed by atoms with Gasteiger partial charge in [0.05, 0.1) is 53.9 Å². The molecular weight excluding hydrogens is 490 g/mol. The number of amides is 1. The average Bonchev–Trinajstić information content (AvgIpc) is 3.73. The Kier molecular flexibility index (Phi) is 5.44. The number of nitrogens with zero attached hydrogens (tertiary/aromatic N) is 4. The Balaban J connectivity index is 1.21. The smallest absolute Gasteiger partial charge is 0.228 e. The van der Waals surface area contributed by atoms with Crippen LogP contribution in [-0.4, -0.2) is 36.0 Å². The van der Waals surface area contributed by atoms with E-state index in [1.54, 1.807) is 37.3 Å². The zero-order chi connectivity index (χ0) is 26.2. The molecule has 1 aromatic carbocycles. The Hall–Kier alpha value is -5.57. The first kappa shape index (κ1) is 22.6. The van der Waals surface area contributed by atoms with Gasteiger partial charge in [0, 0.05) is 34.3 Å². The third-order valence-electron chi connectivity index (χ3n) is 6.59. The molecule has 0 saturated carbocycles. The minimum absolute atomic E-state index is 0.108. The highest BCUT2D eigenvalue weighted by molar-refractivity contribution is 6.00. The lowest BCUT2D eigenvalue weighted by Crippen LogP contribution is -2.14. The van der Waals surface area contributed by atoms with Crippen LogP contribution in [0.4, 0.5) is 5.69 Å². The van der Waals surface area contributed by atoms with Crippen molar-refractivity contribution in [2.45, 2.75) is 6.42 Å². The zero-order valence-corrected chi connectivity index (χ0v) is 20.6. The lowest BCUT2D eigenvalue weighted by molar-refractivity contribution is -0.115. The predicted octanol–water partition coefficient (Wildman–Crippen LogP) is 6.00. The van der Waals surface area contributed by atoms with Gasteiger partial charge in [0.15, 0.2) is 0 Å². The summed E-state index contributed by atoms with van der Waals surface area (Å²) in [6.07, 6.45) is 10.5. The van der Waals surface area contributed by atoms with Gasteiger partial charge >= 0.3 is 0 Å². The highest BCUT2D eigenvalue weighted by Crippen LogP contribution is 2.34. The fraction of sp³-hybridized carbons (Fsp3) is 0.0333. The van der Waals surface area contributed by atoms with Crippen molar-refractivity contribution in [3.63, 3.8) is 0 Å². The van der Waals surface area contributed by atoms with Crippen LogP contribution in [0.1, 0.15) is 5.56 Å². The van der Waals surface area contributed by atoms with Gasteiger partial charge in [-0.2, -0.15) is 5.10 Å². The number of hydrogen-bond donors (Lipinski definition) is 3. The Morgan fingerprint density at radius 1 is 0.923 bits per heavy atom. The van der Waals surface area contributed by atoms with E-state index in [2.05, 4.69) is 35.5 Å². The van der Waals surface area contributed by atoms with Crippen LogP contribution in [0.3, 0.4) is 0 Å². The summed E-state index contributed by atoms with van der Waals surface area (Å²) in [5.74, 6) is -0.108. The van der Waals surface area contributed by atoms with Gasteiger partial charge in [-0.1, -0.05) is 30.3 Å². The number of fused-ring (bicyclic) bond motifs is 2. The summed E-state index contributed by atoms with van der Waals surface area (Å²) >= 11 is 0. The van der Waals surface area contributed by atoms with Crippen molar-refractivity contribution in [2.24, 2.45) is 0 Å². The first-order valence-electron chi connectivity index (χ1n) is 12.4. The Bertz CT molecular complexity index is 1940. The molecule has 0 atom stereocenters. The molecule has 0 radical (unpaired) electrons. The lowest BCUT2D eigenvalue weighted by atomic mass is 10.1. The molecule has 188 valence electrons. The van der Waals surface area contributed by atoms with Gasteiger partial charge in [-0.05, 0) is 41.5 Å². The second-order valence-electron chi connectivity index (χ2n) is 9.18. The first-order valence-corrected chi connectivity index (χ1v) is 12.4. The molecule has 0 bridgehead atoms. The maximum atomic E-state index is 12.6. The monoisotopic (exact) mass is 511 g/mol. The number of carbonyl (C=O) groups is 1. The highest BCUT2D eigenvalue weighted by atomic mass is 16.3. The summed E-state index contributed by atoms with van der Waals surface area (Å²) in [5, 5.41) is 12.4. The van der Waals surface area contributed by atoms with Crippen LogP contribution >= 0.6 is 0 Å². The number of benzene rings is 1. The van der Waals surface area contributed by atoms with Gasteiger partial charge < -0.3 is 14.7 Å². The predicted molar refractivity (Wildman–Crippen MR) is 149 cm³/mol. The van der Waals surface area contributed by atoms with Gasteiger partial charge in [-0.25, -0.2) is 4.98 Å². The number of H-pyrrole nitrogens is 2. The van der Waals surface area contributed by atoms with Crippen molar-refractivity contribution in [2.75, 3.05) is 5.32 Å². The summed E-state index contributed by atoms with van der Waals surface area (Å²) in [7, 11) is 0. The average molecular weight is 512 g/mol. The normalized spacial score (nSPS) is 11.3. The molecule has 39 heavy (non-hydrogen) atoms. The third-order valence-corrected chi connectivity index (χ3v) is 6.59. The third kappa shape index (κ3) is 4.31. The van der Waals surface area contributed by atoms with Crippen molar-refractivity contribution in [1.29, 1.82) is 0 Å². The molecule has 9 heteroatoms. The molecule has 0 aliphatic rings. The summed E-state index contributed by atoms with van der Waals surface area (Å²) in [6, 6.07) is 19.4. The lowest BCUT2D eigenvalue weighted by Gasteiger charge is -2.07. The second kappa shape index (κ2) is 9.38. The molecule has 0 spiro atoms. The first-order chi connectivity index (χ1) is 19.2. The van der Waals surface area contributed by atoms with E-state index < -0.39 is 0 Å². The van der Waals surface area contributed by atoms with Crippen molar-refractivity contribution >= 4 is 33.5 Å². The zero-order valence-electron chi connectivity index (χ0n) is 20.6. The SMILES string of the molecule is O=C(Cc1ccccc1)Nc1cncc(-c2cc3c(-c4cc5c(-c6ccoc6)ccnc5[nH]4)n[nH]c3cn2)c1. The van der Waals surface area contributed by atoms with E-state index >= 15 is 0 Å². The highest BCUT2D eigenvalue weighted by Gasteiger charge is 2.16. The van der Waals surface area contributed by atoms with Crippen molar-refractivity contribution < 1.29 is 9.21 Å². The second-order valence-corrected chi connectivity index (χ2v) is 9.18. The maximum absolute atomic E-state index is 12.6. The molecule has 0 aliphatic heterocycles. The van der Waals surface area contributed by atoms with Crippen LogP contribution in [-0.2, 0) is 11.2 Å². The number of pyridine rings is 3. The van der Waals surface area contributed by atoms with E-state index in [1.165, 1.54) is 0 Å². The molecule has 3 N–H and O–H groups in total. The molecule has 0 saturated heterocycles. The summed E-state index contributed by atoms with van der Waals surface area (Å²) in [6.45, 7) is 0. The maximum Gasteiger partial charge on any atom is 0.228 e. The topological polar surface area (TPSA) is 125 Å². The number of rotatable bonds is 6. The molecular formula is C30H21N7O2. The van der Waals surface area contributed by atoms with Crippen LogP contribution in [0.5, 0.6) is 0 Å². The van der Waals surface area contributed by atoms with Crippen molar-refractivity contribution in [1.82, 2.24) is 30.1 Å². The van der Waals surface area contributed by atoms with Crippen molar-refractivity contribution in [3.8, 4) is 33.8 Å². The summed E-state index contributed by atoms with van der Waals surface area (Å²) < 4.78 is 5.28. The van der Waals surface area contributed by atoms with Gasteiger partial charge in [0.2, 0.25) is 5.91 Å². The van der Waals surface area contributed by atoms with Gasteiger partial charge in [-0.3, -0.25) is 19.9 Å².